The van der Waals surface area contributed by atoms with Crippen LogP contribution in [0.15, 0.2) is 28.4 Å². The molecule has 0 spiro atoms. The summed E-state index contributed by atoms with van der Waals surface area (Å²) < 4.78 is 25.3. The number of halogens is 2. The van der Waals surface area contributed by atoms with Gasteiger partial charge in [0.15, 0.2) is 6.17 Å². The number of ether oxygens (including phenoxy) is 2. The van der Waals surface area contributed by atoms with E-state index in [0.717, 1.165) is 36.6 Å². The van der Waals surface area contributed by atoms with Gasteiger partial charge in [-0.25, -0.2) is 14.2 Å². The molecule has 0 radical (unpaired) electrons. The molecular formula is C22H26ClFN6O3. The van der Waals surface area contributed by atoms with E-state index in [1.165, 1.54) is 0 Å². The molecule has 9 nitrogen and oxygen atoms in total. The number of H-pyrrole nitrogens is 1. The lowest BCUT2D eigenvalue weighted by Crippen LogP contribution is -2.45. The summed E-state index contributed by atoms with van der Waals surface area (Å²) in [6.07, 6.45) is 5.35. The SMILES string of the molecule is O=C(N[C@@H]1CCCC(N=C2NC(c3c[nH]c4ncc(Cl)cc34)=NCC2F)C1)O[C@H]1CCOC1. The zero-order chi connectivity index (χ0) is 22.8. The van der Waals surface area contributed by atoms with Crippen molar-refractivity contribution in [1.82, 2.24) is 20.6 Å². The van der Waals surface area contributed by atoms with Crippen molar-refractivity contribution in [2.75, 3.05) is 19.8 Å². The lowest BCUT2D eigenvalue weighted by atomic mass is 9.91. The minimum atomic E-state index is -1.30. The van der Waals surface area contributed by atoms with Gasteiger partial charge in [-0.05, 0) is 31.7 Å². The first kappa shape index (κ1) is 22.1. The summed E-state index contributed by atoms with van der Waals surface area (Å²) >= 11 is 6.10. The molecule has 176 valence electrons. The normalized spacial score (nSPS) is 29.0. The molecule has 1 saturated carbocycles. The van der Waals surface area contributed by atoms with Gasteiger partial charge in [-0.15, -0.1) is 0 Å². The molecule has 3 aliphatic rings. The summed E-state index contributed by atoms with van der Waals surface area (Å²) in [5.74, 6) is 0.798. The molecule has 2 unspecified atom stereocenters. The molecule has 2 aromatic heterocycles. The summed E-state index contributed by atoms with van der Waals surface area (Å²) in [6, 6.07) is 1.64. The highest BCUT2D eigenvalue weighted by atomic mass is 35.5. The van der Waals surface area contributed by atoms with Gasteiger partial charge in [-0.1, -0.05) is 11.6 Å². The Morgan fingerprint density at radius 1 is 1.36 bits per heavy atom. The number of hydrogen-bond acceptors (Lipinski definition) is 6. The van der Waals surface area contributed by atoms with Gasteiger partial charge in [-0.2, -0.15) is 0 Å². The Kier molecular flexibility index (Phi) is 6.45. The van der Waals surface area contributed by atoms with E-state index in [-0.39, 0.29) is 30.6 Å². The molecule has 4 atom stereocenters. The van der Waals surface area contributed by atoms with Crippen molar-refractivity contribution in [2.24, 2.45) is 9.98 Å². The van der Waals surface area contributed by atoms with Crippen LogP contribution in [0.25, 0.3) is 11.0 Å². The third kappa shape index (κ3) is 5.11. The molecule has 5 rings (SSSR count). The van der Waals surface area contributed by atoms with Crippen LogP contribution in [0.4, 0.5) is 9.18 Å². The van der Waals surface area contributed by atoms with Crippen LogP contribution in [0.1, 0.15) is 37.7 Å². The van der Waals surface area contributed by atoms with Crippen molar-refractivity contribution in [3.63, 3.8) is 0 Å². The first-order chi connectivity index (χ1) is 16.0. The predicted octanol–water partition coefficient (Wildman–Crippen LogP) is 3.13. The third-order valence-electron chi connectivity index (χ3n) is 6.16. The van der Waals surface area contributed by atoms with E-state index in [0.29, 0.717) is 36.1 Å². The van der Waals surface area contributed by atoms with Crippen molar-refractivity contribution in [3.8, 4) is 0 Å². The number of fused-ring (bicyclic) bond motifs is 1. The van der Waals surface area contributed by atoms with Crippen LogP contribution in [0.2, 0.25) is 5.02 Å². The number of amidine groups is 2. The van der Waals surface area contributed by atoms with Crippen LogP contribution in [0.5, 0.6) is 0 Å². The smallest absolute Gasteiger partial charge is 0.407 e. The van der Waals surface area contributed by atoms with E-state index in [1.54, 1.807) is 18.5 Å². The summed E-state index contributed by atoms with van der Waals surface area (Å²) in [5.41, 5.74) is 1.44. The molecule has 4 heterocycles. The number of alkyl carbamates (subject to hydrolysis) is 1. The highest BCUT2D eigenvalue weighted by Gasteiger charge is 2.29. The second-order valence-corrected chi connectivity index (χ2v) is 9.04. The number of nitrogens with zero attached hydrogens (tertiary/aromatic N) is 3. The van der Waals surface area contributed by atoms with Gasteiger partial charge in [-0.3, -0.25) is 9.98 Å². The average Bonchev–Trinajstić information content (AvgIpc) is 3.45. The number of aromatic amines is 1. The monoisotopic (exact) mass is 476 g/mol. The average molecular weight is 477 g/mol. The molecule has 3 N–H and O–H groups in total. The van der Waals surface area contributed by atoms with Crippen LogP contribution < -0.4 is 10.6 Å². The minimum absolute atomic E-state index is 0.00792. The first-order valence-electron chi connectivity index (χ1n) is 11.3. The van der Waals surface area contributed by atoms with E-state index < -0.39 is 12.3 Å². The Hall–Kier alpha value is -2.72. The second kappa shape index (κ2) is 9.64. The Morgan fingerprint density at radius 3 is 3.12 bits per heavy atom. The topological polar surface area (TPSA) is 113 Å². The van der Waals surface area contributed by atoms with Gasteiger partial charge in [0.1, 0.15) is 23.4 Å². The fourth-order valence-corrected chi connectivity index (χ4v) is 4.66. The Morgan fingerprint density at radius 2 is 2.27 bits per heavy atom. The molecule has 11 heteroatoms. The number of rotatable bonds is 4. The number of carbonyl (C=O) groups is 1. The standard InChI is InChI=1S/C22H26ClFN6O3/c23-12-6-16-17(9-26-19(16)25-8-12)20-27-10-18(24)21(30-20)28-13-2-1-3-14(7-13)29-22(31)33-15-4-5-32-11-15/h6,8-9,13-15,18H,1-5,7,10-11H2,(H,25,26)(H,29,31)(H,27,28,30)/t13?,14-,15+,18?/m1/s1. The van der Waals surface area contributed by atoms with Crippen molar-refractivity contribution in [3.05, 3.63) is 29.0 Å². The van der Waals surface area contributed by atoms with Crippen molar-refractivity contribution >= 4 is 40.4 Å². The zero-order valence-corrected chi connectivity index (χ0v) is 18.8. The van der Waals surface area contributed by atoms with E-state index >= 15 is 0 Å². The van der Waals surface area contributed by atoms with Gasteiger partial charge in [0.2, 0.25) is 0 Å². The van der Waals surface area contributed by atoms with E-state index in [1.807, 2.05) is 0 Å². The molecule has 1 aliphatic carbocycles. The van der Waals surface area contributed by atoms with E-state index in [4.69, 9.17) is 21.1 Å². The van der Waals surface area contributed by atoms with Crippen LogP contribution in [-0.4, -0.2) is 71.9 Å². The van der Waals surface area contributed by atoms with Gasteiger partial charge >= 0.3 is 6.09 Å². The summed E-state index contributed by atoms with van der Waals surface area (Å²) in [5, 5.41) is 7.32. The third-order valence-corrected chi connectivity index (χ3v) is 6.36. The first-order valence-corrected chi connectivity index (χ1v) is 11.6. The summed E-state index contributed by atoms with van der Waals surface area (Å²) in [7, 11) is 0. The number of hydrogen-bond donors (Lipinski definition) is 3. The maximum absolute atomic E-state index is 14.7. The molecule has 0 aromatic carbocycles. The van der Waals surface area contributed by atoms with Crippen LogP contribution in [0.3, 0.4) is 0 Å². The Balaban J connectivity index is 1.24. The van der Waals surface area contributed by atoms with Crippen molar-refractivity contribution < 1.29 is 18.7 Å². The molecule has 2 fully saturated rings. The Labute approximate surface area is 195 Å². The molecular weight excluding hydrogens is 451 g/mol. The summed E-state index contributed by atoms with van der Waals surface area (Å²) in [6.45, 7) is 1.05. The maximum Gasteiger partial charge on any atom is 0.407 e. The number of nitrogens with one attached hydrogen (secondary N) is 3. The number of pyridine rings is 1. The number of amides is 1. The quantitative estimate of drug-likeness (QED) is 0.627. The van der Waals surface area contributed by atoms with Crippen LogP contribution in [0, 0.1) is 0 Å². The largest absolute Gasteiger partial charge is 0.444 e. The number of aliphatic imine (C=N–C) groups is 2. The van der Waals surface area contributed by atoms with Gasteiger partial charge in [0.05, 0.1) is 30.8 Å². The van der Waals surface area contributed by atoms with Gasteiger partial charge < -0.3 is 25.1 Å². The highest BCUT2D eigenvalue weighted by molar-refractivity contribution is 6.31. The second-order valence-electron chi connectivity index (χ2n) is 8.60. The zero-order valence-electron chi connectivity index (χ0n) is 18.0. The Bertz CT molecular complexity index is 1080. The van der Waals surface area contributed by atoms with E-state index in [2.05, 4.69) is 30.6 Å². The van der Waals surface area contributed by atoms with Gasteiger partial charge in [0, 0.05) is 35.8 Å². The van der Waals surface area contributed by atoms with Crippen LogP contribution >= 0.6 is 11.6 Å². The van der Waals surface area contributed by atoms with Crippen molar-refractivity contribution in [1.29, 1.82) is 0 Å². The molecule has 1 saturated heterocycles. The molecule has 33 heavy (non-hydrogen) atoms. The molecule has 1 amide bonds. The van der Waals surface area contributed by atoms with Crippen molar-refractivity contribution in [2.45, 2.75) is 56.5 Å². The highest BCUT2D eigenvalue weighted by Crippen LogP contribution is 2.24. The van der Waals surface area contributed by atoms with E-state index in [9.17, 15) is 9.18 Å². The molecule has 2 aromatic rings. The maximum atomic E-state index is 14.7. The lowest BCUT2D eigenvalue weighted by molar-refractivity contribution is 0.0793. The van der Waals surface area contributed by atoms with Gasteiger partial charge in [0.25, 0.3) is 0 Å². The molecule has 0 bridgehead atoms. The van der Waals surface area contributed by atoms with Crippen LogP contribution in [-0.2, 0) is 9.47 Å². The fourth-order valence-electron chi connectivity index (χ4n) is 4.50. The molecule has 2 aliphatic heterocycles. The lowest BCUT2D eigenvalue weighted by Gasteiger charge is -2.29. The fraction of sp³-hybridized carbons (Fsp3) is 0.545. The summed E-state index contributed by atoms with van der Waals surface area (Å²) in [4.78, 5) is 28.6. The number of carbonyl (C=O) groups excluding carboxylic acids is 1. The number of aromatic nitrogens is 2. The minimum Gasteiger partial charge on any atom is -0.444 e. The predicted molar refractivity (Wildman–Crippen MR) is 123 cm³/mol. The number of alkyl halides is 1.